The summed E-state index contributed by atoms with van der Waals surface area (Å²) in [6, 6.07) is 17.3. The number of nitrogens with one attached hydrogen (secondary N) is 1. The van der Waals surface area contributed by atoms with E-state index in [1.165, 1.54) is 0 Å². The number of hydrogen-bond acceptors (Lipinski definition) is 3. The van der Waals surface area contributed by atoms with Gasteiger partial charge in [-0.1, -0.05) is 30.3 Å². The van der Waals surface area contributed by atoms with Crippen molar-refractivity contribution in [1.82, 2.24) is 4.98 Å². The van der Waals surface area contributed by atoms with Crippen LogP contribution in [0.3, 0.4) is 0 Å². The van der Waals surface area contributed by atoms with Gasteiger partial charge in [0.2, 0.25) is 0 Å². The molecule has 1 N–H and O–H groups in total. The fraction of sp³-hybridized carbons (Fsp3) is 0.143. The largest absolute Gasteiger partial charge is 0.497 e. The maximum atomic E-state index is 12.7. The number of hydrogen-bond donors (Lipinski definition) is 1. The second-order valence-corrected chi connectivity index (χ2v) is 5.81. The minimum Gasteiger partial charge on any atom is -0.497 e. The van der Waals surface area contributed by atoms with E-state index in [0.29, 0.717) is 11.3 Å². The maximum Gasteiger partial charge on any atom is 0.251 e. The molecule has 0 unspecified atom stereocenters. The van der Waals surface area contributed by atoms with Gasteiger partial charge in [0, 0.05) is 17.2 Å². The van der Waals surface area contributed by atoms with Crippen LogP contribution in [0.4, 0.5) is 5.69 Å². The fourth-order valence-corrected chi connectivity index (χ4v) is 2.65. The van der Waals surface area contributed by atoms with Crippen LogP contribution in [0.5, 0.6) is 5.75 Å². The number of allylic oxidation sites excluding steroid dienone is 1. The number of nitrogens with zero attached hydrogens (tertiary/aromatic N) is 1. The summed E-state index contributed by atoms with van der Waals surface area (Å²) in [5.41, 5.74) is 4.08. The van der Waals surface area contributed by atoms with E-state index in [4.69, 9.17) is 4.74 Å². The molecule has 1 amide bonds. The van der Waals surface area contributed by atoms with Crippen LogP contribution in [0.25, 0.3) is 16.5 Å². The van der Waals surface area contributed by atoms with Crippen molar-refractivity contribution in [3.63, 3.8) is 0 Å². The molecule has 126 valence electrons. The highest BCUT2D eigenvalue weighted by Gasteiger charge is 2.12. The summed E-state index contributed by atoms with van der Waals surface area (Å²) in [6.07, 6.45) is 1.73. The molecule has 1 heterocycles. The number of para-hydroxylation sites is 1. The third-order valence-electron chi connectivity index (χ3n) is 4.31. The van der Waals surface area contributed by atoms with E-state index in [1.807, 2.05) is 68.4 Å². The van der Waals surface area contributed by atoms with Crippen molar-refractivity contribution in [2.75, 3.05) is 12.4 Å². The molecule has 4 nitrogen and oxygen atoms in total. The fourth-order valence-electron chi connectivity index (χ4n) is 2.65. The van der Waals surface area contributed by atoms with Crippen LogP contribution in [0.15, 0.2) is 66.4 Å². The van der Waals surface area contributed by atoms with E-state index in [0.717, 1.165) is 27.8 Å². The van der Waals surface area contributed by atoms with Crippen LogP contribution < -0.4 is 10.1 Å². The Kier molecular flexibility index (Phi) is 4.80. The number of anilines is 1. The van der Waals surface area contributed by atoms with Gasteiger partial charge in [-0.05, 0) is 49.2 Å². The molecule has 0 saturated carbocycles. The standard InChI is InChI=1S/C21H20N2O2/c1-14(16-9-11-18(25-3)12-10-16)15(2)21(24)23-19-8-4-6-17-7-5-13-22-20(17)19/h4-13H,1-3H3,(H,23,24)/b15-14+. The number of carbonyl (C=O) groups is 1. The quantitative estimate of drug-likeness (QED) is 0.706. The average molecular weight is 332 g/mol. The second-order valence-electron chi connectivity index (χ2n) is 5.81. The molecule has 0 aliphatic carbocycles. The zero-order chi connectivity index (χ0) is 17.8. The maximum absolute atomic E-state index is 12.7. The van der Waals surface area contributed by atoms with Crippen molar-refractivity contribution in [2.45, 2.75) is 13.8 Å². The van der Waals surface area contributed by atoms with Gasteiger partial charge < -0.3 is 10.1 Å². The van der Waals surface area contributed by atoms with E-state index in [-0.39, 0.29) is 5.91 Å². The number of benzene rings is 2. The van der Waals surface area contributed by atoms with Crippen molar-refractivity contribution in [1.29, 1.82) is 0 Å². The molecule has 3 rings (SSSR count). The molecule has 4 heteroatoms. The van der Waals surface area contributed by atoms with Crippen LogP contribution in [-0.2, 0) is 4.79 Å². The first-order valence-corrected chi connectivity index (χ1v) is 8.07. The first kappa shape index (κ1) is 16.7. The van der Waals surface area contributed by atoms with Crippen molar-refractivity contribution in [2.24, 2.45) is 0 Å². The molecule has 0 fully saturated rings. The smallest absolute Gasteiger partial charge is 0.251 e. The Morgan fingerprint density at radius 1 is 1.00 bits per heavy atom. The van der Waals surface area contributed by atoms with E-state index in [9.17, 15) is 4.79 Å². The minimum atomic E-state index is -0.133. The SMILES string of the molecule is COc1ccc(/C(C)=C(\C)C(=O)Nc2cccc3cccnc23)cc1. The Morgan fingerprint density at radius 3 is 2.44 bits per heavy atom. The highest BCUT2D eigenvalue weighted by molar-refractivity contribution is 6.11. The number of carbonyl (C=O) groups excluding carboxylic acids is 1. The molecule has 0 bridgehead atoms. The number of fused-ring (bicyclic) bond motifs is 1. The van der Waals surface area contributed by atoms with E-state index in [1.54, 1.807) is 13.3 Å². The molecule has 2 aromatic carbocycles. The predicted molar refractivity (Wildman–Crippen MR) is 102 cm³/mol. The van der Waals surface area contributed by atoms with Gasteiger partial charge in [-0.2, -0.15) is 0 Å². The number of ether oxygens (including phenoxy) is 1. The van der Waals surface area contributed by atoms with E-state index >= 15 is 0 Å². The Bertz CT molecular complexity index is 938. The lowest BCUT2D eigenvalue weighted by Gasteiger charge is -2.11. The van der Waals surface area contributed by atoms with Crippen molar-refractivity contribution < 1.29 is 9.53 Å². The number of aromatic nitrogens is 1. The number of amides is 1. The monoisotopic (exact) mass is 332 g/mol. The van der Waals surface area contributed by atoms with Gasteiger partial charge in [-0.25, -0.2) is 0 Å². The predicted octanol–water partition coefficient (Wildman–Crippen LogP) is 4.68. The minimum absolute atomic E-state index is 0.133. The van der Waals surface area contributed by atoms with Crippen LogP contribution in [0, 0.1) is 0 Å². The van der Waals surface area contributed by atoms with Gasteiger partial charge in [0.1, 0.15) is 5.75 Å². The molecule has 25 heavy (non-hydrogen) atoms. The molecule has 1 aromatic heterocycles. The van der Waals surface area contributed by atoms with Gasteiger partial charge >= 0.3 is 0 Å². The summed E-state index contributed by atoms with van der Waals surface area (Å²) in [6.45, 7) is 3.77. The first-order chi connectivity index (χ1) is 12.1. The second kappa shape index (κ2) is 7.18. The Hall–Kier alpha value is -3.14. The van der Waals surface area contributed by atoms with Crippen LogP contribution in [0.2, 0.25) is 0 Å². The summed E-state index contributed by atoms with van der Waals surface area (Å²) in [5, 5.41) is 3.97. The lowest BCUT2D eigenvalue weighted by Crippen LogP contribution is -2.14. The Morgan fingerprint density at radius 2 is 1.72 bits per heavy atom. The Balaban J connectivity index is 1.88. The summed E-state index contributed by atoms with van der Waals surface area (Å²) in [4.78, 5) is 17.0. The number of methoxy groups -OCH3 is 1. The number of pyridine rings is 1. The van der Waals surface area contributed by atoms with Gasteiger partial charge in [-0.3, -0.25) is 9.78 Å². The van der Waals surface area contributed by atoms with E-state index < -0.39 is 0 Å². The van der Waals surface area contributed by atoms with Gasteiger partial charge in [-0.15, -0.1) is 0 Å². The summed E-state index contributed by atoms with van der Waals surface area (Å²) < 4.78 is 5.17. The lowest BCUT2D eigenvalue weighted by atomic mass is 10.0. The molecule has 0 saturated heterocycles. The topological polar surface area (TPSA) is 51.2 Å². The first-order valence-electron chi connectivity index (χ1n) is 8.07. The zero-order valence-electron chi connectivity index (χ0n) is 14.5. The molecule has 0 atom stereocenters. The zero-order valence-corrected chi connectivity index (χ0v) is 14.5. The molecule has 3 aromatic rings. The van der Waals surface area contributed by atoms with Crippen molar-refractivity contribution in [3.05, 3.63) is 71.9 Å². The van der Waals surface area contributed by atoms with Gasteiger partial charge in [0.05, 0.1) is 18.3 Å². The van der Waals surface area contributed by atoms with Crippen LogP contribution in [0.1, 0.15) is 19.4 Å². The highest BCUT2D eigenvalue weighted by Crippen LogP contribution is 2.24. The van der Waals surface area contributed by atoms with Gasteiger partial charge in [0.15, 0.2) is 0 Å². The summed E-state index contributed by atoms with van der Waals surface area (Å²) in [5.74, 6) is 0.659. The van der Waals surface area contributed by atoms with Crippen molar-refractivity contribution >= 4 is 28.1 Å². The van der Waals surface area contributed by atoms with Crippen LogP contribution >= 0.6 is 0 Å². The average Bonchev–Trinajstić information content (AvgIpc) is 2.67. The third-order valence-corrected chi connectivity index (χ3v) is 4.31. The molecule has 0 spiro atoms. The molecule has 0 aliphatic rings. The molecular formula is C21H20N2O2. The normalized spacial score (nSPS) is 11.8. The van der Waals surface area contributed by atoms with Gasteiger partial charge in [0.25, 0.3) is 5.91 Å². The summed E-state index contributed by atoms with van der Waals surface area (Å²) >= 11 is 0. The highest BCUT2D eigenvalue weighted by atomic mass is 16.5. The van der Waals surface area contributed by atoms with E-state index in [2.05, 4.69) is 10.3 Å². The molecule has 0 radical (unpaired) electrons. The Labute approximate surface area is 147 Å². The van der Waals surface area contributed by atoms with Crippen molar-refractivity contribution in [3.8, 4) is 5.75 Å². The van der Waals surface area contributed by atoms with Crippen LogP contribution in [-0.4, -0.2) is 18.0 Å². The molecule has 0 aliphatic heterocycles. The number of rotatable bonds is 4. The molecular weight excluding hydrogens is 312 g/mol. The summed E-state index contributed by atoms with van der Waals surface area (Å²) in [7, 11) is 1.63. The lowest BCUT2D eigenvalue weighted by molar-refractivity contribution is -0.112. The third kappa shape index (κ3) is 3.53.